The standard InChI is InChI=1S/C15H16N2O2S/c1-10(18)11-3-4-14(19-2)12(7-11)9-20-15-5-6-17-8-13(15)16/h3-8H,9,16H2,1-2H3. The maximum Gasteiger partial charge on any atom is 0.159 e. The van der Waals surface area contributed by atoms with Crippen molar-refractivity contribution < 1.29 is 9.53 Å². The first-order chi connectivity index (χ1) is 9.61. The summed E-state index contributed by atoms with van der Waals surface area (Å²) in [6.45, 7) is 1.56. The summed E-state index contributed by atoms with van der Waals surface area (Å²) in [7, 11) is 1.62. The van der Waals surface area contributed by atoms with E-state index in [0.29, 0.717) is 17.0 Å². The second kappa shape index (κ2) is 6.43. The van der Waals surface area contributed by atoms with Crippen LogP contribution in [0.15, 0.2) is 41.6 Å². The van der Waals surface area contributed by atoms with Gasteiger partial charge in [-0.05, 0) is 31.2 Å². The van der Waals surface area contributed by atoms with Crippen molar-refractivity contribution >= 4 is 23.2 Å². The highest BCUT2D eigenvalue weighted by atomic mass is 32.2. The highest BCUT2D eigenvalue weighted by Gasteiger charge is 2.09. The van der Waals surface area contributed by atoms with Crippen molar-refractivity contribution in [2.24, 2.45) is 0 Å². The molecule has 2 N–H and O–H groups in total. The maximum atomic E-state index is 11.4. The fourth-order valence-electron chi connectivity index (χ4n) is 1.79. The van der Waals surface area contributed by atoms with Crippen LogP contribution in [0.2, 0.25) is 0 Å². The van der Waals surface area contributed by atoms with Gasteiger partial charge in [0, 0.05) is 28.0 Å². The number of thioether (sulfide) groups is 1. The maximum absolute atomic E-state index is 11.4. The van der Waals surface area contributed by atoms with E-state index in [4.69, 9.17) is 10.5 Å². The molecule has 0 spiro atoms. The molecule has 0 aliphatic carbocycles. The predicted octanol–water partition coefficient (Wildman–Crippen LogP) is 3.17. The lowest BCUT2D eigenvalue weighted by Gasteiger charge is -2.10. The molecule has 5 heteroatoms. The number of hydrogen-bond donors (Lipinski definition) is 1. The number of anilines is 1. The van der Waals surface area contributed by atoms with Crippen LogP contribution >= 0.6 is 11.8 Å². The van der Waals surface area contributed by atoms with Crippen LogP contribution in [0.5, 0.6) is 5.75 Å². The van der Waals surface area contributed by atoms with Gasteiger partial charge >= 0.3 is 0 Å². The number of nitrogens with two attached hydrogens (primary N) is 1. The number of pyridine rings is 1. The van der Waals surface area contributed by atoms with E-state index in [9.17, 15) is 4.79 Å². The van der Waals surface area contributed by atoms with Crippen molar-refractivity contribution in [1.82, 2.24) is 4.98 Å². The number of ether oxygens (including phenoxy) is 1. The molecule has 0 bridgehead atoms. The molecule has 1 heterocycles. The van der Waals surface area contributed by atoms with Crippen LogP contribution in [0.4, 0.5) is 5.69 Å². The third kappa shape index (κ3) is 3.30. The molecule has 0 saturated carbocycles. The molecule has 2 rings (SSSR count). The third-order valence-corrected chi connectivity index (χ3v) is 4.02. The number of nitrogens with zero attached hydrogens (tertiary/aromatic N) is 1. The summed E-state index contributed by atoms with van der Waals surface area (Å²) in [6, 6.07) is 7.34. The lowest BCUT2D eigenvalue weighted by molar-refractivity contribution is 0.101. The number of carbonyl (C=O) groups is 1. The highest BCUT2D eigenvalue weighted by Crippen LogP contribution is 2.31. The molecule has 4 nitrogen and oxygen atoms in total. The number of carbonyl (C=O) groups excluding carboxylic acids is 1. The topological polar surface area (TPSA) is 65.2 Å². The molecule has 0 unspecified atom stereocenters. The third-order valence-electron chi connectivity index (χ3n) is 2.88. The SMILES string of the molecule is COc1ccc(C(C)=O)cc1CSc1ccncc1N. The van der Waals surface area contributed by atoms with Crippen molar-refractivity contribution in [2.45, 2.75) is 17.6 Å². The Hall–Kier alpha value is -2.01. The molecule has 0 aliphatic rings. The van der Waals surface area contributed by atoms with Gasteiger partial charge in [0.2, 0.25) is 0 Å². The highest BCUT2D eigenvalue weighted by molar-refractivity contribution is 7.98. The number of benzene rings is 1. The largest absolute Gasteiger partial charge is 0.496 e. The molecule has 0 atom stereocenters. The molecular weight excluding hydrogens is 272 g/mol. The van der Waals surface area contributed by atoms with Gasteiger partial charge in [0.1, 0.15) is 5.75 Å². The van der Waals surface area contributed by atoms with Gasteiger partial charge in [-0.25, -0.2) is 0 Å². The number of methoxy groups -OCH3 is 1. The fourth-order valence-corrected chi connectivity index (χ4v) is 2.70. The van der Waals surface area contributed by atoms with Crippen LogP contribution in [0, 0.1) is 0 Å². The normalized spacial score (nSPS) is 10.3. The smallest absolute Gasteiger partial charge is 0.159 e. The monoisotopic (exact) mass is 288 g/mol. The summed E-state index contributed by atoms with van der Waals surface area (Å²) in [5.74, 6) is 1.50. The summed E-state index contributed by atoms with van der Waals surface area (Å²) in [5.41, 5.74) is 8.17. The molecule has 0 fully saturated rings. The lowest BCUT2D eigenvalue weighted by atomic mass is 10.1. The Balaban J connectivity index is 2.22. The summed E-state index contributed by atoms with van der Waals surface area (Å²) in [4.78, 5) is 16.4. The second-order valence-corrected chi connectivity index (χ2v) is 5.30. The van der Waals surface area contributed by atoms with Gasteiger partial charge in [0.05, 0.1) is 19.0 Å². The molecule has 1 aromatic heterocycles. The van der Waals surface area contributed by atoms with Crippen molar-refractivity contribution in [2.75, 3.05) is 12.8 Å². The summed E-state index contributed by atoms with van der Waals surface area (Å²) >= 11 is 1.59. The Labute approximate surface area is 122 Å². The van der Waals surface area contributed by atoms with E-state index in [1.54, 1.807) is 44.3 Å². The quantitative estimate of drug-likeness (QED) is 0.676. The van der Waals surface area contributed by atoms with Crippen LogP contribution in [0.1, 0.15) is 22.8 Å². The Morgan fingerprint density at radius 1 is 1.40 bits per heavy atom. The zero-order valence-corrected chi connectivity index (χ0v) is 12.2. The van der Waals surface area contributed by atoms with E-state index in [-0.39, 0.29) is 5.78 Å². The molecule has 0 saturated heterocycles. The average Bonchev–Trinajstić information content (AvgIpc) is 2.46. The Kier molecular flexibility index (Phi) is 4.63. The van der Waals surface area contributed by atoms with E-state index in [2.05, 4.69) is 4.98 Å². The van der Waals surface area contributed by atoms with Crippen LogP contribution in [0.25, 0.3) is 0 Å². The van der Waals surface area contributed by atoms with E-state index >= 15 is 0 Å². The number of ketones is 1. The molecule has 0 aliphatic heterocycles. The van der Waals surface area contributed by atoms with E-state index in [1.165, 1.54) is 0 Å². The zero-order valence-electron chi connectivity index (χ0n) is 11.4. The number of aromatic nitrogens is 1. The van der Waals surface area contributed by atoms with Gasteiger partial charge in [-0.1, -0.05) is 0 Å². The van der Waals surface area contributed by atoms with E-state index < -0.39 is 0 Å². The van der Waals surface area contributed by atoms with Gasteiger partial charge in [0.25, 0.3) is 0 Å². The van der Waals surface area contributed by atoms with Crippen LogP contribution < -0.4 is 10.5 Å². The zero-order chi connectivity index (χ0) is 14.5. The first-order valence-electron chi connectivity index (χ1n) is 6.12. The number of rotatable bonds is 5. The van der Waals surface area contributed by atoms with Crippen molar-refractivity contribution in [1.29, 1.82) is 0 Å². The van der Waals surface area contributed by atoms with Crippen molar-refractivity contribution in [3.05, 3.63) is 47.8 Å². The average molecular weight is 288 g/mol. The van der Waals surface area contributed by atoms with Gasteiger partial charge in [0.15, 0.2) is 5.78 Å². The van der Waals surface area contributed by atoms with Gasteiger partial charge in [-0.15, -0.1) is 11.8 Å². The first-order valence-corrected chi connectivity index (χ1v) is 7.10. The molecule has 0 amide bonds. The minimum Gasteiger partial charge on any atom is -0.496 e. The minimum absolute atomic E-state index is 0.0438. The van der Waals surface area contributed by atoms with Gasteiger partial charge in [-0.3, -0.25) is 9.78 Å². The van der Waals surface area contributed by atoms with E-state index in [0.717, 1.165) is 16.2 Å². The summed E-state index contributed by atoms with van der Waals surface area (Å²) < 4.78 is 5.33. The minimum atomic E-state index is 0.0438. The van der Waals surface area contributed by atoms with E-state index in [1.807, 2.05) is 18.2 Å². The molecular formula is C15H16N2O2S. The fraction of sp³-hybridized carbons (Fsp3) is 0.200. The Morgan fingerprint density at radius 2 is 2.20 bits per heavy atom. The first kappa shape index (κ1) is 14.4. The predicted molar refractivity (Wildman–Crippen MR) is 81.2 cm³/mol. The molecule has 2 aromatic rings. The van der Waals surface area contributed by atoms with Crippen LogP contribution in [-0.4, -0.2) is 17.9 Å². The number of nitrogen functional groups attached to an aromatic ring is 1. The van der Waals surface area contributed by atoms with Gasteiger partial charge in [-0.2, -0.15) is 0 Å². The molecule has 1 aromatic carbocycles. The van der Waals surface area contributed by atoms with Crippen molar-refractivity contribution in [3.63, 3.8) is 0 Å². The Bertz CT molecular complexity index is 629. The number of Topliss-reactive ketones (excluding diaryl/α,β-unsaturated/α-hetero) is 1. The summed E-state index contributed by atoms with van der Waals surface area (Å²) in [5, 5.41) is 0. The van der Waals surface area contributed by atoms with Crippen LogP contribution in [0.3, 0.4) is 0 Å². The lowest BCUT2D eigenvalue weighted by Crippen LogP contribution is -1.97. The van der Waals surface area contributed by atoms with Crippen molar-refractivity contribution in [3.8, 4) is 5.75 Å². The molecule has 0 radical (unpaired) electrons. The molecule has 20 heavy (non-hydrogen) atoms. The summed E-state index contributed by atoms with van der Waals surface area (Å²) in [6.07, 6.45) is 3.34. The van der Waals surface area contributed by atoms with Gasteiger partial charge < -0.3 is 10.5 Å². The molecule has 104 valence electrons. The number of hydrogen-bond acceptors (Lipinski definition) is 5. The van der Waals surface area contributed by atoms with Crippen LogP contribution in [-0.2, 0) is 5.75 Å². The second-order valence-electron chi connectivity index (χ2n) is 4.28. The Morgan fingerprint density at radius 3 is 2.85 bits per heavy atom.